The molecule has 0 saturated carbocycles. The molecule has 1 aliphatic heterocycles. The Morgan fingerprint density at radius 2 is 1.81 bits per heavy atom. The lowest BCUT2D eigenvalue weighted by Gasteiger charge is -2.24. The Bertz CT molecular complexity index is 863. The maximum absolute atomic E-state index is 12.8. The summed E-state index contributed by atoms with van der Waals surface area (Å²) in [7, 11) is 1.54. The molecule has 2 aromatic rings. The molecule has 1 unspecified atom stereocenters. The van der Waals surface area contributed by atoms with E-state index < -0.39 is 11.3 Å². The third-order valence-electron chi connectivity index (χ3n) is 4.62. The van der Waals surface area contributed by atoms with Crippen LogP contribution in [0, 0.1) is 0 Å². The van der Waals surface area contributed by atoms with E-state index in [0.29, 0.717) is 28.9 Å². The van der Waals surface area contributed by atoms with Gasteiger partial charge in [0.15, 0.2) is 5.78 Å². The summed E-state index contributed by atoms with van der Waals surface area (Å²) in [5.41, 5.74) is 1.58. The number of imide groups is 1. The average Bonchev–Trinajstić information content (AvgIpc) is 2.70. The molecule has 0 fully saturated rings. The summed E-state index contributed by atoms with van der Waals surface area (Å²) in [6.45, 7) is 0.182. The molecule has 6 heteroatoms. The van der Waals surface area contributed by atoms with Crippen LogP contribution in [0.5, 0.6) is 5.75 Å². The van der Waals surface area contributed by atoms with Crippen LogP contribution in [0.25, 0.3) is 0 Å². The number of halogens is 1. The lowest BCUT2D eigenvalue weighted by Crippen LogP contribution is -2.38. The van der Waals surface area contributed by atoms with Gasteiger partial charge in [0.05, 0.1) is 12.5 Å². The molecule has 3 rings (SSSR count). The van der Waals surface area contributed by atoms with Crippen molar-refractivity contribution in [2.45, 2.75) is 24.6 Å². The van der Waals surface area contributed by atoms with E-state index in [1.54, 1.807) is 55.6 Å². The summed E-state index contributed by atoms with van der Waals surface area (Å²) in [4.78, 5) is 39.3. The highest BCUT2D eigenvalue weighted by molar-refractivity contribution is 6.23. The average molecular weight is 386 g/mol. The van der Waals surface area contributed by atoms with Crippen molar-refractivity contribution < 1.29 is 19.1 Å². The first-order chi connectivity index (χ1) is 13.0. The second-order valence-corrected chi connectivity index (χ2v) is 6.89. The molecule has 140 valence electrons. The van der Waals surface area contributed by atoms with Crippen LogP contribution in [0.15, 0.2) is 48.5 Å². The Morgan fingerprint density at radius 3 is 2.52 bits per heavy atom. The molecule has 27 heavy (non-hydrogen) atoms. The van der Waals surface area contributed by atoms with Gasteiger partial charge >= 0.3 is 0 Å². The molecule has 0 bridgehead atoms. The van der Waals surface area contributed by atoms with Gasteiger partial charge in [0.2, 0.25) is 5.91 Å². The van der Waals surface area contributed by atoms with E-state index in [-0.39, 0.29) is 31.1 Å². The molecule has 1 aliphatic rings. The standard InChI is InChI=1S/C21H20ClNO4/c1-27-15-10-8-14(9-11-15)21(26)23-12-4-7-19(24)17-6-3-2-5-16(17)18(22)13-20(23)25/h2-3,5-6,8-11,18H,4,7,12-13H2,1H3. The lowest BCUT2D eigenvalue weighted by atomic mass is 9.95. The van der Waals surface area contributed by atoms with Crippen molar-refractivity contribution in [1.82, 2.24) is 4.90 Å². The Morgan fingerprint density at radius 1 is 1.11 bits per heavy atom. The molecule has 2 aromatic carbocycles. The quantitative estimate of drug-likeness (QED) is 0.578. The van der Waals surface area contributed by atoms with Gasteiger partial charge in [-0.1, -0.05) is 24.3 Å². The van der Waals surface area contributed by atoms with Gasteiger partial charge in [-0.25, -0.2) is 0 Å². The molecule has 0 saturated heterocycles. The molecule has 1 heterocycles. The number of fused-ring (bicyclic) bond motifs is 1. The zero-order chi connectivity index (χ0) is 19.4. The number of carbonyl (C=O) groups is 3. The predicted octanol–water partition coefficient (Wildman–Crippen LogP) is 4.01. The van der Waals surface area contributed by atoms with Crippen molar-refractivity contribution in [3.63, 3.8) is 0 Å². The fraction of sp³-hybridized carbons (Fsp3) is 0.286. The van der Waals surface area contributed by atoms with E-state index in [0.717, 1.165) is 0 Å². The maximum atomic E-state index is 12.8. The van der Waals surface area contributed by atoms with E-state index in [1.165, 1.54) is 4.90 Å². The first-order valence-electron chi connectivity index (χ1n) is 8.76. The number of alkyl halides is 1. The topological polar surface area (TPSA) is 63.7 Å². The van der Waals surface area contributed by atoms with Crippen LogP contribution in [-0.2, 0) is 4.79 Å². The number of amides is 2. The minimum Gasteiger partial charge on any atom is -0.497 e. The summed E-state index contributed by atoms with van der Waals surface area (Å²) in [6, 6.07) is 13.6. The van der Waals surface area contributed by atoms with Gasteiger partial charge < -0.3 is 4.74 Å². The molecule has 0 aliphatic carbocycles. The van der Waals surface area contributed by atoms with Gasteiger partial charge in [-0.05, 0) is 36.2 Å². The maximum Gasteiger partial charge on any atom is 0.260 e. The summed E-state index contributed by atoms with van der Waals surface area (Å²) >= 11 is 6.44. The number of hydrogen-bond donors (Lipinski definition) is 0. The number of rotatable bonds is 2. The number of ketones is 1. The third-order valence-corrected chi connectivity index (χ3v) is 5.01. The van der Waals surface area contributed by atoms with Crippen molar-refractivity contribution in [3.8, 4) is 5.75 Å². The van der Waals surface area contributed by atoms with Gasteiger partial charge in [0, 0.05) is 30.5 Å². The Kier molecular flexibility index (Phi) is 5.91. The van der Waals surface area contributed by atoms with Crippen molar-refractivity contribution >= 4 is 29.2 Å². The van der Waals surface area contributed by atoms with Gasteiger partial charge in [-0.3, -0.25) is 19.3 Å². The summed E-state index contributed by atoms with van der Waals surface area (Å²) in [5, 5.41) is -0.665. The predicted molar refractivity (Wildman–Crippen MR) is 102 cm³/mol. The van der Waals surface area contributed by atoms with Crippen LogP contribution in [0.4, 0.5) is 0 Å². The highest BCUT2D eigenvalue weighted by atomic mass is 35.5. The zero-order valence-corrected chi connectivity index (χ0v) is 15.7. The van der Waals surface area contributed by atoms with Crippen LogP contribution < -0.4 is 4.74 Å². The molecule has 0 N–H and O–H groups in total. The van der Waals surface area contributed by atoms with Crippen molar-refractivity contribution in [3.05, 3.63) is 65.2 Å². The molecule has 0 radical (unpaired) electrons. The number of hydrogen-bond acceptors (Lipinski definition) is 4. The first kappa shape index (κ1) is 19.1. The first-order valence-corrected chi connectivity index (χ1v) is 9.20. The van der Waals surface area contributed by atoms with E-state index in [2.05, 4.69) is 0 Å². The highest BCUT2D eigenvalue weighted by Crippen LogP contribution is 2.30. The fourth-order valence-electron chi connectivity index (χ4n) is 3.16. The molecule has 0 aromatic heterocycles. The van der Waals surface area contributed by atoms with Crippen LogP contribution in [0.1, 0.15) is 50.9 Å². The van der Waals surface area contributed by atoms with Crippen molar-refractivity contribution in [2.75, 3.05) is 13.7 Å². The van der Waals surface area contributed by atoms with Gasteiger partial charge in [0.1, 0.15) is 5.75 Å². The second-order valence-electron chi connectivity index (χ2n) is 6.36. The lowest BCUT2D eigenvalue weighted by molar-refractivity contribution is -0.128. The summed E-state index contributed by atoms with van der Waals surface area (Å²) in [6.07, 6.45) is 0.613. The number of Topliss-reactive ketones (excluding diaryl/α,β-unsaturated/α-hetero) is 1. The van der Waals surface area contributed by atoms with E-state index in [1.807, 2.05) is 0 Å². The highest BCUT2D eigenvalue weighted by Gasteiger charge is 2.28. The smallest absolute Gasteiger partial charge is 0.260 e. The molecule has 0 spiro atoms. The van der Waals surface area contributed by atoms with Crippen molar-refractivity contribution in [2.24, 2.45) is 0 Å². The largest absolute Gasteiger partial charge is 0.497 e. The van der Waals surface area contributed by atoms with Gasteiger partial charge in [-0.15, -0.1) is 11.6 Å². The normalized spacial score (nSPS) is 18.0. The SMILES string of the molecule is COc1ccc(C(=O)N2CCCC(=O)c3ccccc3C(Cl)CC2=O)cc1. The molecule has 1 atom stereocenters. The fourth-order valence-corrected chi connectivity index (χ4v) is 3.48. The molecular weight excluding hydrogens is 366 g/mol. The second kappa shape index (κ2) is 8.35. The minimum atomic E-state index is -0.665. The van der Waals surface area contributed by atoms with E-state index >= 15 is 0 Å². The zero-order valence-electron chi connectivity index (χ0n) is 15.0. The number of carbonyl (C=O) groups excluding carboxylic acids is 3. The summed E-state index contributed by atoms with van der Waals surface area (Å²) in [5.74, 6) is -0.142. The van der Waals surface area contributed by atoms with Crippen LogP contribution in [-0.4, -0.2) is 36.2 Å². The molecule has 2 amide bonds. The van der Waals surface area contributed by atoms with Gasteiger partial charge in [0.25, 0.3) is 5.91 Å². The third kappa shape index (κ3) is 4.19. The number of benzene rings is 2. The molecular formula is C21H20ClNO4. The van der Waals surface area contributed by atoms with Crippen LogP contribution >= 0.6 is 11.6 Å². The van der Waals surface area contributed by atoms with Crippen LogP contribution in [0.3, 0.4) is 0 Å². The van der Waals surface area contributed by atoms with Crippen LogP contribution in [0.2, 0.25) is 0 Å². The number of ether oxygens (including phenoxy) is 1. The van der Waals surface area contributed by atoms with E-state index in [9.17, 15) is 14.4 Å². The summed E-state index contributed by atoms with van der Waals surface area (Å²) < 4.78 is 5.09. The number of nitrogens with zero attached hydrogens (tertiary/aromatic N) is 1. The molecule has 5 nitrogen and oxygen atoms in total. The Balaban J connectivity index is 1.87. The van der Waals surface area contributed by atoms with E-state index in [4.69, 9.17) is 16.3 Å². The monoisotopic (exact) mass is 385 g/mol. The Hall–Kier alpha value is -2.66. The minimum absolute atomic E-state index is 0.0255. The number of methoxy groups -OCH3 is 1. The van der Waals surface area contributed by atoms with Gasteiger partial charge in [-0.2, -0.15) is 0 Å². The Labute approximate surface area is 162 Å². The van der Waals surface area contributed by atoms with Crippen molar-refractivity contribution in [1.29, 1.82) is 0 Å².